The van der Waals surface area contributed by atoms with E-state index in [4.69, 9.17) is 14.6 Å². The van der Waals surface area contributed by atoms with Gasteiger partial charge in [-0.05, 0) is 23.1 Å². The zero-order valence-corrected chi connectivity index (χ0v) is 20.2. The van der Waals surface area contributed by atoms with Crippen LogP contribution in [0.2, 0.25) is 0 Å². The summed E-state index contributed by atoms with van der Waals surface area (Å²) in [5.41, 5.74) is 3.61. The van der Waals surface area contributed by atoms with Crippen LogP contribution in [0.25, 0.3) is 0 Å². The maximum absolute atomic E-state index is 11.8. The smallest absolute Gasteiger partial charge is 0.303 e. The van der Waals surface area contributed by atoms with Crippen molar-refractivity contribution in [2.45, 2.75) is 63.4 Å². The molecule has 0 unspecified atom stereocenters. The van der Waals surface area contributed by atoms with E-state index in [1.54, 1.807) is 0 Å². The van der Waals surface area contributed by atoms with Crippen LogP contribution in [0.5, 0.6) is 0 Å². The molecular weight excluding hydrogens is 464 g/mol. The molecule has 194 valence electrons. The van der Waals surface area contributed by atoms with E-state index in [1.807, 2.05) is 48.5 Å². The Morgan fingerprint density at radius 1 is 0.972 bits per heavy atom. The standard InChI is InChI=1S/C27H34N2O7/c30-17-19-3-5-20(6-4-19)24-13-23(16-29-12-11-22(31)15-29)35-27(36-24)21-7-1-18(2-8-21)14-28-25(32)9-10-26(33)34/h1-8,22-24,27,30-31H,9-17H2,(H,28,32)(H,33,34)/t22-,23+,24-,27-/m0/s1. The van der Waals surface area contributed by atoms with Crippen molar-refractivity contribution in [2.24, 2.45) is 0 Å². The molecule has 2 heterocycles. The normalized spacial score (nSPS) is 24.5. The summed E-state index contributed by atoms with van der Waals surface area (Å²) in [7, 11) is 0. The van der Waals surface area contributed by atoms with Crippen molar-refractivity contribution in [1.29, 1.82) is 0 Å². The first kappa shape index (κ1) is 26.2. The minimum Gasteiger partial charge on any atom is -0.481 e. The number of nitrogens with one attached hydrogen (secondary N) is 1. The van der Waals surface area contributed by atoms with E-state index in [1.165, 1.54) is 0 Å². The number of β-amino-alcohol motifs (C(OH)–C–C–N with tert-alkyl or cyclic N) is 1. The van der Waals surface area contributed by atoms with Gasteiger partial charge in [0.05, 0.1) is 31.3 Å². The van der Waals surface area contributed by atoms with Crippen molar-refractivity contribution in [1.82, 2.24) is 10.2 Å². The quantitative estimate of drug-likeness (QED) is 0.393. The van der Waals surface area contributed by atoms with Crippen LogP contribution in [-0.4, -0.2) is 63.9 Å². The first-order chi connectivity index (χ1) is 17.4. The van der Waals surface area contributed by atoms with Crippen LogP contribution in [0.4, 0.5) is 0 Å². The summed E-state index contributed by atoms with van der Waals surface area (Å²) in [6.45, 7) is 2.50. The molecule has 9 nitrogen and oxygen atoms in total. The highest BCUT2D eigenvalue weighted by atomic mass is 16.7. The van der Waals surface area contributed by atoms with Gasteiger partial charge in [-0.3, -0.25) is 14.5 Å². The lowest BCUT2D eigenvalue weighted by atomic mass is 9.99. The van der Waals surface area contributed by atoms with Crippen LogP contribution in [0.1, 0.15) is 60.3 Å². The van der Waals surface area contributed by atoms with Gasteiger partial charge in [0.1, 0.15) is 0 Å². The van der Waals surface area contributed by atoms with Crippen LogP contribution in [0.15, 0.2) is 48.5 Å². The highest BCUT2D eigenvalue weighted by molar-refractivity contribution is 5.80. The summed E-state index contributed by atoms with van der Waals surface area (Å²) in [5, 5.41) is 30.7. The fraction of sp³-hybridized carbons (Fsp3) is 0.481. The SMILES string of the molecule is O=C(O)CCC(=O)NCc1ccc([C@H]2O[C@@H](CN3CC[C@H](O)C3)C[C@@H](c3ccc(CO)cc3)O2)cc1. The molecule has 36 heavy (non-hydrogen) atoms. The number of aliphatic carboxylic acids is 1. The van der Waals surface area contributed by atoms with E-state index in [9.17, 15) is 19.8 Å². The predicted molar refractivity (Wildman–Crippen MR) is 131 cm³/mol. The maximum atomic E-state index is 11.8. The second-order valence-corrected chi connectivity index (χ2v) is 9.46. The number of hydrogen-bond donors (Lipinski definition) is 4. The molecule has 0 saturated carbocycles. The highest BCUT2D eigenvalue weighted by Gasteiger charge is 2.34. The molecule has 2 saturated heterocycles. The molecule has 9 heteroatoms. The van der Waals surface area contributed by atoms with Gasteiger partial charge >= 0.3 is 5.97 Å². The molecule has 0 aliphatic carbocycles. The van der Waals surface area contributed by atoms with E-state index in [-0.39, 0.29) is 43.7 Å². The Kier molecular flexibility index (Phi) is 9.06. The molecule has 4 N–H and O–H groups in total. The lowest BCUT2D eigenvalue weighted by Crippen LogP contribution is -2.38. The van der Waals surface area contributed by atoms with E-state index in [0.717, 1.165) is 35.2 Å². The molecule has 2 fully saturated rings. The number of nitrogens with zero attached hydrogens (tertiary/aromatic N) is 1. The third-order valence-electron chi connectivity index (χ3n) is 6.63. The Balaban J connectivity index is 1.42. The second kappa shape index (κ2) is 12.4. The molecule has 4 rings (SSSR count). The molecule has 2 aliphatic rings. The number of hydrogen-bond acceptors (Lipinski definition) is 7. The predicted octanol–water partition coefficient (Wildman–Crippen LogP) is 2.27. The van der Waals surface area contributed by atoms with Gasteiger partial charge < -0.3 is 30.1 Å². The highest BCUT2D eigenvalue weighted by Crippen LogP contribution is 2.38. The van der Waals surface area contributed by atoms with Crippen molar-refractivity contribution >= 4 is 11.9 Å². The molecular formula is C27H34N2O7. The largest absolute Gasteiger partial charge is 0.481 e. The minimum absolute atomic E-state index is 0.0101. The first-order valence-electron chi connectivity index (χ1n) is 12.4. The Bertz CT molecular complexity index is 1010. The van der Waals surface area contributed by atoms with Gasteiger partial charge in [0.25, 0.3) is 0 Å². The van der Waals surface area contributed by atoms with Crippen molar-refractivity contribution in [3.8, 4) is 0 Å². The molecule has 1 amide bonds. The van der Waals surface area contributed by atoms with E-state index >= 15 is 0 Å². The van der Waals surface area contributed by atoms with Crippen molar-refractivity contribution in [3.05, 3.63) is 70.8 Å². The van der Waals surface area contributed by atoms with E-state index in [2.05, 4.69) is 10.2 Å². The van der Waals surface area contributed by atoms with Gasteiger partial charge in [0.2, 0.25) is 5.91 Å². The first-order valence-corrected chi connectivity index (χ1v) is 12.4. The molecule has 4 atom stereocenters. The fourth-order valence-corrected chi connectivity index (χ4v) is 4.60. The van der Waals surface area contributed by atoms with Gasteiger partial charge in [-0.15, -0.1) is 0 Å². The van der Waals surface area contributed by atoms with Crippen LogP contribution in [0.3, 0.4) is 0 Å². The summed E-state index contributed by atoms with van der Waals surface area (Å²) in [6, 6.07) is 15.4. The number of likely N-dealkylation sites (tertiary alicyclic amines) is 1. The summed E-state index contributed by atoms with van der Waals surface area (Å²) >= 11 is 0. The maximum Gasteiger partial charge on any atom is 0.303 e. The topological polar surface area (TPSA) is 129 Å². The van der Waals surface area contributed by atoms with Crippen molar-refractivity contribution in [3.63, 3.8) is 0 Å². The van der Waals surface area contributed by atoms with Gasteiger partial charge in [-0.2, -0.15) is 0 Å². The van der Waals surface area contributed by atoms with E-state index in [0.29, 0.717) is 26.1 Å². The van der Waals surface area contributed by atoms with Crippen LogP contribution in [0, 0.1) is 0 Å². The summed E-state index contributed by atoms with van der Waals surface area (Å²) in [6.07, 6.45) is 0.0925. The van der Waals surface area contributed by atoms with Crippen LogP contribution < -0.4 is 5.32 Å². The third kappa shape index (κ3) is 7.35. The Labute approximate surface area is 210 Å². The number of rotatable bonds is 10. The molecule has 2 aliphatic heterocycles. The van der Waals surface area contributed by atoms with E-state index < -0.39 is 12.3 Å². The molecule has 2 aromatic carbocycles. The second-order valence-electron chi connectivity index (χ2n) is 9.46. The summed E-state index contributed by atoms with van der Waals surface area (Å²) in [4.78, 5) is 24.6. The van der Waals surface area contributed by atoms with Gasteiger partial charge in [0.15, 0.2) is 6.29 Å². The number of carbonyl (C=O) groups is 2. The molecule has 2 aromatic rings. The van der Waals surface area contributed by atoms with Crippen LogP contribution in [-0.2, 0) is 32.2 Å². The Morgan fingerprint density at radius 3 is 2.31 bits per heavy atom. The summed E-state index contributed by atoms with van der Waals surface area (Å²) < 4.78 is 12.7. The zero-order chi connectivity index (χ0) is 25.5. The molecule has 0 radical (unpaired) electrons. The third-order valence-corrected chi connectivity index (χ3v) is 6.63. The summed E-state index contributed by atoms with van der Waals surface area (Å²) in [5.74, 6) is -1.30. The average molecular weight is 499 g/mol. The number of amides is 1. The Hall–Kier alpha value is -2.82. The zero-order valence-electron chi connectivity index (χ0n) is 20.2. The fourth-order valence-electron chi connectivity index (χ4n) is 4.60. The van der Waals surface area contributed by atoms with Gasteiger partial charge in [-0.1, -0.05) is 48.5 Å². The lowest BCUT2D eigenvalue weighted by Gasteiger charge is -2.37. The molecule has 0 aromatic heterocycles. The number of aliphatic hydroxyl groups excluding tert-OH is 2. The molecule has 0 bridgehead atoms. The monoisotopic (exact) mass is 498 g/mol. The lowest BCUT2D eigenvalue weighted by molar-refractivity contribution is -0.252. The number of ether oxygens (including phenoxy) is 2. The van der Waals surface area contributed by atoms with Crippen molar-refractivity contribution < 1.29 is 34.4 Å². The van der Waals surface area contributed by atoms with Gasteiger partial charge in [-0.25, -0.2) is 0 Å². The van der Waals surface area contributed by atoms with Crippen molar-refractivity contribution in [2.75, 3.05) is 19.6 Å². The molecule has 0 spiro atoms. The number of carboxylic acids is 1. The number of aliphatic hydroxyl groups is 2. The Morgan fingerprint density at radius 2 is 1.67 bits per heavy atom. The van der Waals surface area contributed by atoms with Crippen LogP contribution >= 0.6 is 0 Å². The minimum atomic E-state index is -0.996. The number of benzene rings is 2. The number of carboxylic acid groups (broad SMARTS) is 1. The number of carbonyl (C=O) groups excluding carboxylic acids is 1. The average Bonchev–Trinajstić information content (AvgIpc) is 3.30. The van der Waals surface area contributed by atoms with Gasteiger partial charge in [0, 0.05) is 44.6 Å².